The Morgan fingerprint density at radius 2 is 2.04 bits per heavy atom. The SMILES string of the molecule is CCCCCCOC(=O)C1CCN(c2nc3ccccc3o2)CC1. The predicted molar refractivity (Wildman–Crippen MR) is 94.0 cm³/mol. The van der Waals surface area contributed by atoms with E-state index in [0.29, 0.717) is 12.6 Å². The van der Waals surface area contributed by atoms with E-state index in [1.807, 2.05) is 24.3 Å². The molecule has 0 N–H and O–H groups in total. The first-order valence-corrected chi connectivity index (χ1v) is 9.05. The number of piperidine rings is 1. The molecule has 0 bridgehead atoms. The van der Waals surface area contributed by atoms with Gasteiger partial charge in [0, 0.05) is 13.1 Å². The molecule has 3 rings (SSSR count). The van der Waals surface area contributed by atoms with E-state index in [2.05, 4.69) is 16.8 Å². The van der Waals surface area contributed by atoms with Crippen molar-refractivity contribution >= 4 is 23.1 Å². The fourth-order valence-electron chi connectivity index (χ4n) is 3.12. The number of unbranched alkanes of at least 4 members (excludes halogenated alkanes) is 3. The molecule has 130 valence electrons. The molecule has 0 atom stereocenters. The number of fused-ring (bicyclic) bond motifs is 1. The summed E-state index contributed by atoms with van der Waals surface area (Å²) in [4.78, 5) is 18.8. The van der Waals surface area contributed by atoms with Gasteiger partial charge in [-0.15, -0.1) is 0 Å². The zero-order chi connectivity index (χ0) is 16.8. The number of hydrogen-bond acceptors (Lipinski definition) is 5. The lowest BCUT2D eigenvalue weighted by Gasteiger charge is -2.29. The number of hydrogen-bond donors (Lipinski definition) is 0. The summed E-state index contributed by atoms with van der Waals surface area (Å²) in [5.41, 5.74) is 1.68. The van der Waals surface area contributed by atoms with Crippen molar-refractivity contribution in [3.05, 3.63) is 24.3 Å². The fourth-order valence-corrected chi connectivity index (χ4v) is 3.12. The molecule has 1 aromatic carbocycles. The standard InChI is InChI=1S/C19H26N2O3/c1-2-3-4-7-14-23-18(22)15-10-12-21(13-11-15)19-20-16-8-5-6-9-17(16)24-19/h5-6,8-9,15H,2-4,7,10-14H2,1H3. The highest BCUT2D eigenvalue weighted by atomic mass is 16.5. The highest BCUT2D eigenvalue weighted by molar-refractivity contribution is 5.75. The molecule has 0 aliphatic carbocycles. The lowest BCUT2D eigenvalue weighted by molar-refractivity contribution is -0.149. The van der Waals surface area contributed by atoms with Gasteiger partial charge in [-0.1, -0.05) is 38.3 Å². The number of benzene rings is 1. The van der Waals surface area contributed by atoms with Crippen molar-refractivity contribution in [2.45, 2.75) is 45.4 Å². The second-order valence-electron chi connectivity index (χ2n) is 6.45. The zero-order valence-electron chi connectivity index (χ0n) is 14.4. The average Bonchev–Trinajstić information content (AvgIpc) is 3.05. The molecule has 1 fully saturated rings. The van der Waals surface area contributed by atoms with Crippen LogP contribution in [0.25, 0.3) is 11.1 Å². The molecule has 1 aliphatic heterocycles. The van der Waals surface area contributed by atoms with Crippen LogP contribution in [0, 0.1) is 5.92 Å². The van der Waals surface area contributed by atoms with E-state index in [1.54, 1.807) is 0 Å². The topological polar surface area (TPSA) is 55.6 Å². The number of oxazole rings is 1. The van der Waals surface area contributed by atoms with Crippen LogP contribution in [-0.2, 0) is 9.53 Å². The predicted octanol–water partition coefficient (Wildman–Crippen LogP) is 4.17. The van der Waals surface area contributed by atoms with Gasteiger partial charge in [-0.05, 0) is 31.4 Å². The number of ether oxygens (including phenoxy) is 1. The minimum Gasteiger partial charge on any atom is -0.465 e. The van der Waals surface area contributed by atoms with Crippen molar-refractivity contribution in [2.75, 3.05) is 24.6 Å². The van der Waals surface area contributed by atoms with Crippen molar-refractivity contribution in [1.29, 1.82) is 0 Å². The maximum Gasteiger partial charge on any atom is 0.309 e. The molecule has 5 nitrogen and oxygen atoms in total. The second kappa shape index (κ2) is 8.18. The maximum absolute atomic E-state index is 12.1. The average molecular weight is 330 g/mol. The van der Waals surface area contributed by atoms with Crippen LogP contribution in [0.3, 0.4) is 0 Å². The molecule has 1 aliphatic rings. The largest absolute Gasteiger partial charge is 0.465 e. The smallest absolute Gasteiger partial charge is 0.309 e. The molecule has 2 aromatic rings. The minimum atomic E-state index is -0.0382. The fraction of sp³-hybridized carbons (Fsp3) is 0.579. The maximum atomic E-state index is 12.1. The first kappa shape index (κ1) is 16.8. The Labute approximate surface area is 143 Å². The number of anilines is 1. The summed E-state index contributed by atoms with van der Waals surface area (Å²) in [7, 11) is 0. The van der Waals surface area contributed by atoms with E-state index < -0.39 is 0 Å². The van der Waals surface area contributed by atoms with Gasteiger partial charge < -0.3 is 14.1 Å². The molecule has 1 saturated heterocycles. The molecule has 0 saturated carbocycles. The van der Waals surface area contributed by atoms with Gasteiger partial charge >= 0.3 is 5.97 Å². The summed E-state index contributed by atoms with van der Waals surface area (Å²) in [6, 6.07) is 8.43. The van der Waals surface area contributed by atoms with Gasteiger partial charge in [0.25, 0.3) is 6.01 Å². The van der Waals surface area contributed by atoms with Crippen LogP contribution in [0.15, 0.2) is 28.7 Å². The molecule has 5 heteroatoms. The highest BCUT2D eigenvalue weighted by Gasteiger charge is 2.28. The number of carbonyl (C=O) groups is 1. The highest BCUT2D eigenvalue weighted by Crippen LogP contribution is 2.26. The van der Waals surface area contributed by atoms with Gasteiger partial charge in [0.15, 0.2) is 5.58 Å². The lowest BCUT2D eigenvalue weighted by Crippen LogP contribution is -2.37. The van der Waals surface area contributed by atoms with Crippen LogP contribution in [0.4, 0.5) is 6.01 Å². The van der Waals surface area contributed by atoms with Crippen molar-refractivity contribution in [3.8, 4) is 0 Å². The Kier molecular flexibility index (Phi) is 5.72. The van der Waals surface area contributed by atoms with Crippen LogP contribution in [-0.4, -0.2) is 30.6 Å². The summed E-state index contributed by atoms with van der Waals surface area (Å²) in [6.07, 6.45) is 6.11. The van der Waals surface area contributed by atoms with E-state index in [-0.39, 0.29) is 11.9 Å². The first-order chi connectivity index (χ1) is 11.8. The van der Waals surface area contributed by atoms with Crippen LogP contribution in [0.2, 0.25) is 0 Å². The Morgan fingerprint density at radius 3 is 2.79 bits per heavy atom. The molecular weight excluding hydrogens is 304 g/mol. The van der Waals surface area contributed by atoms with Gasteiger partial charge in [-0.2, -0.15) is 4.98 Å². The molecule has 24 heavy (non-hydrogen) atoms. The van der Waals surface area contributed by atoms with Gasteiger partial charge in [-0.3, -0.25) is 4.79 Å². The Balaban J connectivity index is 1.46. The molecule has 0 amide bonds. The van der Waals surface area contributed by atoms with Crippen LogP contribution < -0.4 is 4.90 Å². The Morgan fingerprint density at radius 1 is 1.25 bits per heavy atom. The number of carbonyl (C=O) groups excluding carboxylic acids is 1. The van der Waals surface area contributed by atoms with Gasteiger partial charge in [0.1, 0.15) is 5.52 Å². The van der Waals surface area contributed by atoms with Gasteiger partial charge in [0.2, 0.25) is 0 Å². The number of nitrogens with zero attached hydrogens (tertiary/aromatic N) is 2. The number of aromatic nitrogens is 1. The van der Waals surface area contributed by atoms with E-state index in [1.165, 1.54) is 12.8 Å². The number of para-hydroxylation sites is 2. The molecule has 1 aromatic heterocycles. The third kappa shape index (κ3) is 4.08. The molecular formula is C19H26N2O3. The minimum absolute atomic E-state index is 0.0109. The van der Waals surface area contributed by atoms with E-state index in [4.69, 9.17) is 9.15 Å². The second-order valence-corrected chi connectivity index (χ2v) is 6.45. The molecule has 0 unspecified atom stereocenters. The van der Waals surface area contributed by atoms with E-state index in [9.17, 15) is 4.79 Å². The van der Waals surface area contributed by atoms with Crippen molar-refractivity contribution in [2.24, 2.45) is 5.92 Å². The summed E-state index contributed by atoms with van der Waals surface area (Å²) in [5, 5.41) is 0. The van der Waals surface area contributed by atoms with Gasteiger partial charge in [0.05, 0.1) is 12.5 Å². The van der Waals surface area contributed by atoms with Crippen LogP contribution in [0.5, 0.6) is 0 Å². The van der Waals surface area contributed by atoms with Crippen LogP contribution in [0.1, 0.15) is 45.4 Å². The Bertz CT molecular complexity index is 626. The van der Waals surface area contributed by atoms with E-state index >= 15 is 0 Å². The van der Waals surface area contributed by atoms with Crippen LogP contribution >= 0.6 is 0 Å². The number of esters is 1. The Hall–Kier alpha value is -2.04. The third-order valence-corrected chi connectivity index (χ3v) is 4.62. The zero-order valence-corrected chi connectivity index (χ0v) is 14.4. The van der Waals surface area contributed by atoms with Crippen molar-refractivity contribution < 1.29 is 13.9 Å². The van der Waals surface area contributed by atoms with E-state index in [0.717, 1.165) is 49.9 Å². The summed E-state index contributed by atoms with van der Waals surface area (Å²) >= 11 is 0. The number of rotatable bonds is 7. The van der Waals surface area contributed by atoms with Crippen molar-refractivity contribution in [1.82, 2.24) is 4.98 Å². The quantitative estimate of drug-likeness (QED) is 0.563. The lowest BCUT2D eigenvalue weighted by atomic mass is 9.97. The summed E-state index contributed by atoms with van der Waals surface area (Å²) in [5.74, 6) is -0.0273. The summed E-state index contributed by atoms with van der Waals surface area (Å²) in [6.45, 7) is 4.30. The molecule has 0 spiro atoms. The molecule has 0 radical (unpaired) electrons. The first-order valence-electron chi connectivity index (χ1n) is 9.05. The molecule has 2 heterocycles. The van der Waals surface area contributed by atoms with Crippen molar-refractivity contribution in [3.63, 3.8) is 0 Å². The third-order valence-electron chi connectivity index (χ3n) is 4.62. The normalized spacial score (nSPS) is 15.8. The summed E-state index contributed by atoms with van der Waals surface area (Å²) < 4.78 is 11.2. The van der Waals surface area contributed by atoms with Gasteiger partial charge in [-0.25, -0.2) is 0 Å². The monoisotopic (exact) mass is 330 g/mol.